The van der Waals surface area contributed by atoms with E-state index in [9.17, 15) is 13.2 Å². The maximum atomic E-state index is 11.9. The summed E-state index contributed by atoms with van der Waals surface area (Å²) in [5.74, 6) is -0.747. The van der Waals surface area contributed by atoms with Gasteiger partial charge in [0, 0.05) is 11.8 Å². The molecule has 1 aromatic carbocycles. The third-order valence-corrected chi connectivity index (χ3v) is 5.24. The second-order valence-corrected chi connectivity index (χ2v) is 6.95. The molecule has 0 fully saturated rings. The van der Waals surface area contributed by atoms with Gasteiger partial charge in [-0.1, -0.05) is 6.92 Å². The molecule has 1 aromatic rings. The van der Waals surface area contributed by atoms with Gasteiger partial charge in [0.05, 0.1) is 18.0 Å². The fourth-order valence-corrected chi connectivity index (χ4v) is 2.81. The van der Waals surface area contributed by atoms with Crippen LogP contribution in [0.2, 0.25) is 0 Å². The third-order valence-electron chi connectivity index (χ3n) is 3.02. The summed E-state index contributed by atoms with van der Waals surface area (Å²) in [6.45, 7) is 3.36. The zero-order chi connectivity index (χ0) is 15.3. The van der Waals surface area contributed by atoms with Gasteiger partial charge >= 0.3 is 0 Å². The average molecular weight is 300 g/mol. The number of carbonyl (C=O) groups is 1. The topological polar surface area (TPSA) is 98.5 Å². The van der Waals surface area contributed by atoms with Crippen LogP contribution in [-0.4, -0.2) is 32.4 Å². The lowest BCUT2D eigenvalue weighted by molar-refractivity contribution is -0.113. The lowest BCUT2D eigenvalue weighted by Crippen LogP contribution is -2.29. The number of rotatable bonds is 6. The van der Waals surface area contributed by atoms with Crippen LogP contribution in [0.1, 0.15) is 20.3 Å². The van der Waals surface area contributed by atoms with Crippen molar-refractivity contribution in [2.24, 2.45) is 0 Å². The Morgan fingerprint density at radius 1 is 1.45 bits per heavy atom. The van der Waals surface area contributed by atoms with Gasteiger partial charge in [0.2, 0.25) is 5.91 Å². The minimum Gasteiger partial charge on any atom is -0.494 e. The summed E-state index contributed by atoms with van der Waals surface area (Å²) in [7, 11) is -1.99. The van der Waals surface area contributed by atoms with Crippen molar-refractivity contribution >= 4 is 27.1 Å². The average Bonchev–Trinajstić information content (AvgIpc) is 2.39. The van der Waals surface area contributed by atoms with Crippen LogP contribution < -0.4 is 15.8 Å². The molecule has 0 radical (unpaired) electrons. The second-order valence-electron chi connectivity index (χ2n) is 4.53. The number of hydrogen-bond acceptors (Lipinski definition) is 5. The molecule has 6 nitrogen and oxygen atoms in total. The van der Waals surface area contributed by atoms with Crippen LogP contribution in [0.25, 0.3) is 0 Å². The number of methoxy groups -OCH3 is 1. The van der Waals surface area contributed by atoms with Gasteiger partial charge in [-0.2, -0.15) is 0 Å². The number of amides is 1. The van der Waals surface area contributed by atoms with E-state index in [4.69, 9.17) is 10.5 Å². The number of ether oxygens (including phenoxy) is 1. The van der Waals surface area contributed by atoms with Crippen molar-refractivity contribution in [2.45, 2.75) is 25.5 Å². The quantitative estimate of drug-likeness (QED) is 0.774. The monoisotopic (exact) mass is 300 g/mol. The molecule has 1 atom stereocenters. The summed E-state index contributed by atoms with van der Waals surface area (Å²) in [6, 6.07) is 4.72. The van der Waals surface area contributed by atoms with E-state index in [1.54, 1.807) is 32.0 Å². The third kappa shape index (κ3) is 4.12. The molecule has 7 heteroatoms. The largest absolute Gasteiger partial charge is 0.494 e. The first-order chi connectivity index (χ1) is 9.30. The minimum absolute atomic E-state index is 0.388. The minimum atomic E-state index is -3.43. The summed E-state index contributed by atoms with van der Waals surface area (Å²) >= 11 is 0. The van der Waals surface area contributed by atoms with Crippen molar-refractivity contribution in [2.75, 3.05) is 23.9 Å². The van der Waals surface area contributed by atoms with Crippen LogP contribution in [0.3, 0.4) is 0 Å². The van der Waals surface area contributed by atoms with E-state index in [-0.39, 0.29) is 0 Å². The molecule has 0 aromatic heterocycles. The van der Waals surface area contributed by atoms with E-state index < -0.39 is 26.7 Å². The molecule has 0 aliphatic rings. The van der Waals surface area contributed by atoms with Crippen LogP contribution >= 0.6 is 0 Å². The van der Waals surface area contributed by atoms with Gasteiger partial charge in [0.15, 0.2) is 9.84 Å². The first-order valence-electron chi connectivity index (χ1n) is 6.25. The van der Waals surface area contributed by atoms with Crippen LogP contribution in [0.15, 0.2) is 18.2 Å². The van der Waals surface area contributed by atoms with E-state index in [0.717, 1.165) is 0 Å². The van der Waals surface area contributed by atoms with Crippen molar-refractivity contribution in [3.63, 3.8) is 0 Å². The predicted molar refractivity (Wildman–Crippen MR) is 79.6 cm³/mol. The summed E-state index contributed by atoms with van der Waals surface area (Å²) in [5, 5.41) is 1.98. The summed E-state index contributed by atoms with van der Waals surface area (Å²) < 4.78 is 28.8. The Hall–Kier alpha value is -1.76. The fraction of sp³-hybridized carbons (Fsp3) is 0.462. The van der Waals surface area contributed by atoms with Gasteiger partial charge in [-0.15, -0.1) is 0 Å². The normalized spacial score (nSPS) is 12.8. The molecule has 0 heterocycles. The first kappa shape index (κ1) is 16.3. The Balaban J connectivity index is 2.82. The lowest BCUT2D eigenvalue weighted by atomic mass is 10.2. The Bertz CT molecular complexity index is 584. The summed E-state index contributed by atoms with van der Waals surface area (Å²) in [6.07, 6.45) is 0.473. The molecule has 0 bridgehead atoms. The molecular weight excluding hydrogens is 280 g/mol. The molecule has 0 aliphatic carbocycles. The smallest absolute Gasteiger partial charge is 0.239 e. The van der Waals surface area contributed by atoms with Crippen LogP contribution in [0.4, 0.5) is 11.4 Å². The fourth-order valence-electron chi connectivity index (χ4n) is 1.58. The van der Waals surface area contributed by atoms with Crippen molar-refractivity contribution in [3.8, 4) is 5.75 Å². The molecule has 20 heavy (non-hydrogen) atoms. The van der Waals surface area contributed by atoms with Crippen molar-refractivity contribution in [1.82, 2.24) is 0 Å². The molecule has 0 aliphatic heterocycles. The summed E-state index contributed by atoms with van der Waals surface area (Å²) in [5.41, 5.74) is 6.49. The highest BCUT2D eigenvalue weighted by Gasteiger charge is 2.23. The molecule has 0 saturated heterocycles. The van der Waals surface area contributed by atoms with Crippen LogP contribution in [-0.2, 0) is 14.6 Å². The molecule has 1 amide bonds. The molecular formula is C13H20N2O4S. The highest BCUT2D eigenvalue weighted by Crippen LogP contribution is 2.26. The highest BCUT2D eigenvalue weighted by molar-refractivity contribution is 7.92. The van der Waals surface area contributed by atoms with Gasteiger partial charge < -0.3 is 15.8 Å². The van der Waals surface area contributed by atoms with Gasteiger partial charge in [-0.05, 0) is 25.5 Å². The molecule has 1 unspecified atom stereocenters. The number of hydrogen-bond donors (Lipinski definition) is 2. The lowest BCUT2D eigenvalue weighted by Gasteiger charge is -2.13. The van der Waals surface area contributed by atoms with Crippen molar-refractivity contribution in [3.05, 3.63) is 18.2 Å². The van der Waals surface area contributed by atoms with E-state index in [2.05, 4.69) is 5.32 Å². The van der Waals surface area contributed by atoms with E-state index in [1.165, 1.54) is 7.11 Å². The molecule has 0 saturated carbocycles. The van der Waals surface area contributed by atoms with Crippen molar-refractivity contribution < 1.29 is 17.9 Å². The number of nitrogens with one attached hydrogen (secondary N) is 1. The van der Waals surface area contributed by atoms with Gasteiger partial charge in [-0.25, -0.2) is 8.42 Å². The summed E-state index contributed by atoms with van der Waals surface area (Å²) in [4.78, 5) is 11.8. The maximum absolute atomic E-state index is 11.9. The second kappa shape index (κ2) is 6.60. The Kier molecular flexibility index (Phi) is 5.38. The number of nitrogen functional groups attached to an aromatic ring is 1. The zero-order valence-corrected chi connectivity index (χ0v) is 12.7. The maximum Gasteiger partial charge on any atom is 0.239 e. The van der Waals surface area contributed by atoms with Gasteiger partial charge in [0.25, 0.3) is 0 Å². The van der Waals surface area contributed by atoms with Crippen LogP contribution in [0.5, 0.6) is 5.75 Å². The van der Waals surface area contributed by atoms with E-state index in [0.29, 0.717) is 23.5 Å². The number of nitrogens with two attached hydrogens (primary N) is 1. The molecule has 112 valence electrons. The Morgan fingerprint density at radius 2 is 2.10 bits per heavy atom. The highest BCUT2D eigenvalue weighted by atomic mass is 32.2. The zero-order valence-electron chi connectivity index (χ0n) is 11.8. The Labute approximate surface area is 119 Å². The predicted octanol–water partition coefficient (Wildman–Crippen LogP) is 1.43. The number of sulfone groups is 1. The van der Waals surface area contributed by atoms with E-state index >= 15 is 0 Å². The van der Waals surface area contributed by atoms with Crippen LogP contribution in [0, 0.1) is 0 Å². The SMILES string of the molecule is CCC(C)S(=O)(=O)CC(=O)Nc1ccc(N)cc1OC. The Morgan fingerprint density at radius 3 is 2.65 bits per heavy atom. The number of benzene rings is 1. The van der Waals surface area contributed by atoms with E-state index in [1.807, 2.05) is 0 Å². The van der Waals surface area contributed by atoms with Gasteiger partial charge in [-0.3, -0.25) is 4.79 Å². The number of carbonyl (C=O) groups excluding carboxylic acids is 1. The molecule has 3 N–H and O–H groups in total. The van der Waals surface area contributed by atoms with Gasteiger partial charge in [0.1, 0.15) is 11.5 Å². The van der Waals surface area contributed by atoms with Crippen molar-refractivity contribution in [1.29, 1.82) is 0 Å². The standard InChI is InChI=1S/C13H20N2O4S/c1-4-9(2)20(17,18)8-13(16)15-11-6-5-10(14)7-12(11)19-3/h5-7,9H,4,8,14H2,1-3H3,(H,15,16). The molecule has 0 spiro atoms. The molecule has 1 rings (SSSR count). The first-order valence-corrected chi connectivity index (χ1v) is 7.96. The number of anilines is 2.